The van der Waals surface area contributed by atoms with Gasteiger partial charge in [0.1, 0.15) is 0 Å². The highest BCUT2D eigenvalue weighted by Crippen LogP contribution is 2.40. The average Bonchev–Trinajstić information content (AvgIpc) is 2.96. The van der Waals surface area contributed by atoms with Crippen molar-refractivity contribution in [2.24, 2.45) is 0 Å². The minimum Gasteiger partial charge on any atom is -0.871 e. The van der Waals surface area contributed by atoms with Crippen molar-refractivity contribution in [1.29, 1.82) is 0 Å². The summed E-state index contributed by atoms with van der Waals surface area (Å²) in [6.07, 6.45) is 0. The molecule has 0 aliphatic rings. The van der Waals surface area contributed by atoms with E-state index >= 15 is 0 Å². The number of aromatic nitrogens is 2. The number of H-pyrrole nitrogens is 2. The van der Waals surface area contributed by atoms with Crippen molar-refractivity contribution in [3.8, 4) is 22.9 Å². The maximum atomic E-state index is 12.5. The molecule has 0 aliphatic heterocycles. The fourth-order valence-corrected chi connectivity index (χ4v) is 2.73. The molecule has 4 aromatic rings. The summed E-state index contributed by atoms with van der Waals surface area (Å²) >= 11 is 5.93. The van der Waals surface area contributed by atoms with Crippen molar-refractivity contribution in [3.63, 3.8) is 0 Å². The van der Waals surface area contributed by atoms with Crippen molar-refractivity contribution < 1.29 is 11.6 Å². The lowest BCUT2D eigenvalue weighted by molar-refractivity contribution is -0.268. The third-order valence-corrected chi connectivity index (χ3v) is 3.79. The minimum atomic E-state index is -0.259. The van der Waals surface area contributed by atoms with Crippen LogP contribution < -0.4 is 10.2 Å². The SMILES string of the molecule is [2H]c1ccc2c([O-])c(-c3[nH]c4cc(Cl)ccc4c3[O-])[nH]c2c1. The number of rotatable bonds is 1. The Labute approximate surface area is 126 Å². The van der Waals surface area contributed by atoms with E-state index in [1.807, 2.05) is 0 Å². The van der Waals surface area contributed by atoms with E-state index in [0.717, 1.165) is 0 Å². The maximum Gasteiger partial charge on any atom is 0.0623 e. The molecule has 4 rings (SSSR count). The first kappa shape index (κ1) is 11.1. The highest BCUT2D eigenvalue weighted by molar-refractivity contribution is 6.31. The van der Waals surface area contributed by atoms with Crippen LogP contribution in [0.1, 0.15) is 1.37 Å². The van der Waals surface area contributed by atoms with Crippen molar-refractivity contribution in [2.75, 3.05) is 0 Å². The Hall–Kier alpha value is -2.59. The molecule has 0 unspecified atom stereocenters. The highest BCUT2D eigenvalue weighted by Gasteiger charge is 2.11. The number of benzene rings is 2. The van der Waals surface area contributed by atoms with E-state index in [1.54, 1.807) is 36.4 Å². The molecule has 21 heavy (non-hydrogen) atoms. The molecule has 2 aromatic heterocycles. The highest BCUT2D eigenvalue weighted by atomic mass is 35.5. The first-order valence-electron chi connectivity index (χ1n) is 6.82. The van der Waals surface area contributed by atoms with Crippen LogP contribution in [-0.4, -0.2) is 9.97 Å². The summed E-state index contributed by atoms with van der Waals surface area (Å²) in [6, 6.07) is 9.91. The van der Waals surface area contributed by atoms with E-state index in [1.165, 1.54) is 0 Å². The molecule has 0 saturated carbocycles. The van der Waals surface area contributed by atoms with Gasteiger partial charge >= 0.3 is 0 Å². The van der Waals surface area contributed by atoms with E-state index in [0.29, 0.717) is 32.9 Å². The van der Waals surface area contributed by atoms with E-state index in [9.17, 15) is 10.2 Å². The second kappa shape index (κ2) is 4.20. The zero-order valence-electron chi connectivity index (χ0n) is 11.7. The predicted octanol–water partition coefficient (Wildman–Crippen LogP) is 3.12. The molecule has 104 valence electrons. The summed E-state index contributed by atoms with van der Waals surface area (Å²) in [4.78, 5) is 5.90. The number of para-hydroxylation sites is 1. The first-order chi connectivity index (χ1) is 10.5. The molecule has 2 aromatic carbocycles. The number of nitrogens with one attached hydrogen (secondary N) is 2. The third-order valence-electron chi connectivity index (χ3n) is 3.56. The molecular formula is C16H9ClN2O2-2. The monoisotopic (exact) mass is 297 g/mol. The average molecular weight is 298 g/mol. The first-order valence-corrected chi connectivity index (χ1v) is 6.70. The van der Waals surface area contributed by atoms with Crippen LogP contribution in [0.3, 0.4) is 0 Å². The van der Waals surface area contributed by atoms with Gasteiger partial charge in [0.2, 0.25) is 0 Å². The van der Waals surface area contributed by atoms with E-state index in [4.69, 9.17) is 13.0 Å². The summed E-state index contributed by atoms with van der Waals surface area (Å²) in [5.41, 5.74) is 1.55. The van der Waals surface area contributed by atoms with Crippen molar-refractivity contribution in [3.05, 3.63) is 47.5 Å². The maximum absolute atomic E-state index is 12.5. The Kier molecular flexibility index (Phi) is 2.22. The van der Waals surface area contributed by atoms with Crippen molar-refractivity contribution in [1.82, 2.24) is 9.97 Å². The minimum absolute atomic E-state index is 0.206. The zero-order chi connectivity index (χ0) is 15.4. The quantitative estimate of drug-likeness (QED) is 0.566. The van der Waals surface area contributed by atoms with Gasteiger partial charge in [-0.3, -0.25) is 0 Å². The molecule has 0 spiro atoms. The van der Waals surface area contributed by atoms with Crippen LogP contribution in [0.5, 0.6) is 11.5 Å². The summed E-state index contributed by atoms with van der Waals surface area (Å²) in [5, 5.41) is 26.4. The standard InChI is InChI=1S/C16H11ClN2O2/c17-8-5-6-10-12(7-8)19-14(16(10)21)13-15(20)9-3-1-2-4-11(9)18-13/h1-7,18-21H/p-2/i2D. The molecule has 0 atom stereocenters. The molecule has 4 nitrogen and oxygen atoms in total. The van der Waals surface area contributed by atoms with Crippen LogP contribution in [0.25, 0.3) is 33.2 Å². The lowest BCUT2D eigenvalue weighted by Gasteiger charge is -2.11. The largest absolute Gasteiger partial charge is 0.871 e. The molecule has 2 heterocycles. The van der Waals surface area contributed by atoms with Gasteiger partial charge in [-0.25, -0.2) is 0 Å². The van der Waals surface area contributed by atoms with Gasteiger partial charge < -0.3 is 20.2 Å². The fraction of sp³-hybridized carbons (Fsp3) is 0. The second-order valence-electron chi connectivity index (χ2n) is 4.82. The molecule has 0 bridgehead atoms. The number of halogens is 1. The summed E-state index contributed by atoms with van der Waals surface area (Å²) in [5.74, 6) is -0.508. The van der Waals surface area contributed by atoms with E-state index in [-0.39, 0.29) is 22.9 Å². The Morgan fingerprint density at radius 2 is 1.57 bits per heavy atom. The summed E-state index contributed by atoms with van der Waals surface area (Å²) in [7, 11) is 0. The van der Waals surface area contributed by atoms with Crippen LogP contribution in [0.2, 0.25) is 5.02 Å². The van der Waals surface area contributed by atoms with E-state index < -0.39 is 0 Å². The molecule has 0 amide bonds. The van der Waals surface area contributed by atoms with Crippen molar-refractivity contribution >= 4 is 33.4 Å². The van der Waals surface area contributed by atoms with Crippen LogP contribution in [0, 0.1) is 0 Å². The van der Waals surface area contributed by atoms with Gasteiger partial charge in [0.15, 0.2) is 0 Å². The van der Waals surface area contributed by atoms with Crippen LogP contribution in [0.4, 0.5) is 0 Å². The number of aromatic amines is 2. The lowest BCUT2D eigenvalue weighted by atomic mass is 10.2. The van der Waals surface area contributed by atoms with Gasteiger partial charge in [0, 0.05) is 16.1 Å². The smallest absolute Gasteiger partial charge is 0.0623 e. The number of hydrogen-bond donors (Lipinski definition) is 2. The van der Waals surface area contributed by atoms with Gasteiger partial charge in [0.25, 0.3) is 0 Å². The third kappa shape index (κ3) is 1.69. The Balaban J connectivity index is 2.02. The molecule has 0 aliphatic carbocycles. The van der Waals surface area contributed by atoms with E-state index in [2.05, 4.69) is 9.97 Å². The fourth-order valence-electron chi connectivity index (χ4n) is 2.55. The molecule has 0 saturated heterocycles. The number of fused-ring (bicyclic) bond motifs is 2. The van der Waals surface area contributed by atoms with Gasteiger partial charge in [-0.2, -0.15) is 0 Å². The predicted molar refractivity (Wildman–Crippen MR) is 79.5 cm³/mol. The van der Waals surface area contributed by atoms with Crippen LogP contribution in [0.15, 0.2) is 42.4 Å². The van der Waals surface area contributed by atoms with Gasteiger partial charge in [-0.05, 0) is 29.0 Å². The molecule has 0 fully saturated rings. The zero-order valence-corrected chi connectivity index (χ0v) is 11.4. The molecule has 2 N–H and O–H groups in total. The Morgan fingerprint density at radius 1 is 0.905 bits per heavy atom. The number of hydrogen-bond acceptors (Lipinski definition) is 2. The summed E-state index contributed by atoms with van der Waals surface area (Å²) < 4.78 is 7.61. The normalized spacial score (nSPS) is 12.1. The van der Waals surface area contributed by atoms with Gasteiger partial charge in [0.05, 0.1) is 12.8 Å². The molecule has 5 heteroatoms. The Bertz CT molecular complexity index is 952. The second-order valence-corrected chi connectivity index (χ2v) is 5.26. The van der Waals surface area contributed by atoms with Crippen molar-refractivity contribution in [2.45, 2.75) is 0 Å². The van der Waals surface area contributed by atoms with Gasteiger partial charge in [-0.15, -0.1) is 0 Å². The van der Waals surface area contributed by atoms with Crippen LogP contribution >= 0.6 is 11.6 Å². The molecular weight excluding hydrogens is 288 g/mol. The molecule has 0 radical (unpaired) electrons. The lowest BCUT2D eigenvalue weighted by Crippen LogP contribution is -1.95. The Morgan fingerprint density at radius 3 is 2.33 bits per heavy atom. The topological polar surface area (TPSA) is 77.7 Å². The summed E-state index contributed by atoms with van der Waals surface area (Å²) in [6.45, 7) is 0. The van der Waals surface area contributed by atoms with Gasteiger partial charge in [-0.1, -0.05) is 47.3 Å². The van der Waals surface area contributed by atoms with Crippen LogP contribution in [-0.2, 0) is 0 Å².